The number of carbonyl (C=O) groups excluding carboxylic acids is 1. The molecule has 0 spiro atoms. The maximum atomic E-state index is 12.6. The van der Waals surface area contributed by atoms with Gasteiger partial charge in [-0.2, -0.15) is 22.0 Å². The summed E-state index contributed by atoms with van der Waals surface area (Å²) in [4.78, 5) is 21.4. The second-order valence-electron chi connectivity index (χ2n) is 4.07. The Morgan fingerprint density at radius 1 is 1.17 bits per heavy atom. The molecule has 0 heterocycles. The largest absolute Gasteiger partial charge is 0.480 e. The van der Waals surface area contributed by atoms with Crippen molar-refractivity contribution < 1.29 is 36.6 Å². The summed E-state index contributed by atoms with van der Waals surface area (Å²) in [6.45, 7) is 3.06. The fourth-order valence-electron chi connectivity index (χ4n) is 1.07. The third-order valence-corrected chi connectivity index (χ3v) is 1.95. The van der Waals surface area contributed by atoms with Crippen LogP contribution >= 0.6 is 0 Å². The van der Waals surface area contributed by atoms with E-state index in [1.54, 1.807) is 0 Å². The van der Waals surface area contributed by atoms with E-state index < -0.39 is 30.0 Å². The lowest BCUT2D eigenvalue weighted by Gasteiger charge is -2.22. The van der Waals surface area contributed by atoms with Crippen molar-refractivity contribution in [1.82, 2.24) is 5.32 Å². The van der Waals surface area contributed by atoms with Crippen LogP contribution in [0.5, 0.6) is 0 Å². The number of carboxylic acids is 1. The minimum atomic E-state index is -6.06. The number of halogens is 5. The summed E-state index contributed by atoms with van der Waals surface area (Å²) in [5.74, 6) is -10.2. The molecule has 4 nitrogen and oxygen atoms in total. The summed E-state index contributed by atoms with van der Waals surface area (Å²) < 4.78 is 60.6. The molecule has 106 valence electrons. The summed E-state index contributed by atoms with van der Waals surface area (Å²) in [5, 5.41) is 9.78. The highest BCUT2D eigenvalue weighted by Gasteiger charge is 2.63. The Kier molecular flexibility index (Phi) is 5.06. The van der Waals surface area contributed by atoms with Gasteiger partial charge in [0.05, 0.1) is 0 Å². The number of hydrogen-bond acceptors (Lipinski definition) is 2. The summed E-state index contributed by atoms with van der Waals surface area (Å²) in [7, 11) is 0. The first-order valence-corrected chi connectivity index (χ1v) is 4.88. The Morgan fingerprint density at radius 2 is 1.61 bits per heavy atom. The molecular weight excluding hydrogens is 265 g/mol. The van der Waals surface area contributed by atoms with Crippen LogP contribution in [0.15, 0.2) is 0 Å². The minimum absolute atomic E-state index is 0.255. The Hall–Kier alpha value is -1.41. The smallest absolute Gasteiger partial charge is 0.463 e. The van der Waals surface area contributed by atoms with E-state index in [-0.39, 0.29) is 12.3 Å². The van der Waals surface area contributed by atoms with Crippen molar-refractivity contribution in [3.8, 4) is 0 Å². The Bertz CT molecular complexity index is 327. The minimum Gasteiger partial charge on any atom is -0.480 e. The van der Waals surface area contributed by atoms with Gasteiger partial charge < -0.3 is 10.4 Å². The van der Waals surface area contributed by atoms with Crippen molar-refractivity contribution in [2.75, 3.05) is 0 Å². The molecule has 0 aromatic heterocycles. The monoisotopic (exact) mass is 277 g/mol. The zero-order valence-corrected chi connectivity index (χ0v) is 9.52. The Balaban J connectivity index is 4.86. The molecule has 0 aliphatic rings. The average molecular weight is 277 g/mol. The summed E-state index contributed by atoms with van der Waals surface area (Å²) in [5.41, 5.74) is 0. The number of aliphatic carboxylic acids is 1. The molecule has 0 saturated heterocycles. The maximum absolute atomic E-state index is 12.6. The fraction of sp³-hybridized carbons (Fsp3) is 0.778. The maximum Gasteiger partial charge on any atom is 0.463 e. The van der Waals surface area contributed by atoms with Crippen molar-refractivity contribution in [2.45, 2.75) is 38.4 Å². The van der Waals surface area contributed by atoms with Crippen LogP contribution in [0.2, 0.25) is 0 Å². The van der Waals surface area contributed by atoms with Crippen LogP contribution in [0.25, 0.3) is 0 Å². The number of rotatable bonds is 5. The highest BCUT2D eigenvalue weighted by atomic mass is 19.4. The van der Waals surface area contributed by atoms with E-state index in [1.165, 1.54) is 19.2 Å². The average Bonchev–Trinajstić information content (AvgIpc) is 2.13. The molecule has 0 unspecified atom stereocenters. The van der Waals surface area contributed by atoms with Crippen LogP contribution in [-0.4, -0.2) is 35.1 Å². The van der Waals surface area contributed by atoms with Crippen LogP contribution < -0.4 is 5.32 Å². The number of nitrogens with one attached hydrogen (secondary N) is 1. The predicted octanol–water partition coefficient (Wildman–Crippen LogP) is 1.80. The van der Waals surface area contributed by atoms with Gasteiger partial charge in [0.1, 0.15) is 6.04 Å². The van der Waals surface area contributed by atoms with Gasteiger partial charge in [0.25, 0.3) is 0 Å². The van der Waals surface area contributed by atoms with E-state index in [2.05, 4.69) is 0 Å². The molecule has 1 amide bonds. The molecule has 0 bridgehead atoms. The van der Waals surface area contributed by atoms with Gasteiger partial charge in [-0.15, -0.1) is 0 Å². The Morgan fingerprint density at radius 3 is 1.89 bits per heavy atom. The molecule has 18 heavy (non-hydrogen) atoms. The predicted molar refractivity (Wildman–Crippen MR) is 50.0 cm³/mol. The summed E-state index contributed by atoms with van der Waals surface area (Å²) >= 11 is 0. The lowest BCUT2D eigenvalue weighted by atomic mass is 10.0. The lowest BCUT2D eigenvalue weighted by Crippen LogP contribution is -2.54. The molecule has 9 heteroatoms. The number of carboxylic acid groups (broad SMARTS) is 1. The van der Waals surface area contributed by atoms with Crippen LogP contribution in [-0.2, 0) is 9.59 Å². The normalized spacial score (nSPS) is 14.4. The highest BCUT2D eigenvalue weighted by Crippen LogP contribution is 2.35. The van der Waals surface area contributed by atoms with E-state index in [4.69, 9.17) is 5.11 Å². The molecule has 0 aromatic rings. The van der Waals surface area contributed by atoms with Gasteiger partial charge in [0.15, 0.2) is 0 Å². The Labute approximate surface area is 99.2 Å². The third kappa shape index (κ3) is 4.11. The van der Waals surface area contributed by atoms with Crippen molar-refractivity contribution in [2.24, 2.45) is 5.92 Å². The summed E-state index contributed by atoms with van der Waals surface area (Å²) in [6, 6.07) is -1.79. The molecular formula is C9H12F5NO3. The third-order valence-electron chi connectivity index (χ3n) is 1.95. The number of hydrogen-bond donors (Lipinski definition) is 2. The second-order valence-corrected chi connectivity index (χ2v) is 4.07. The van der Waals surface area contributed by atoms with Crippen molar-refractivity contribution in [1.29, 1.82) is 0 Å². The van der Waals surface area contributed by atoms with E-state index >= 15 is 0 Å². The van der Waals surface area contributed by atoms with Gasteiger partial charge in [-0.05, 0) is 12.3 Å². The van der Waals surface area contributed by atoms with Gasteiger partial charge in [-0.1, -0.05) is 13.8 Å². The molecule has 0 fully saturated rings. The molecule has 0 radical (unpaired) electrons. The topological polar surface area (TPSA) is 66.4 Å². The molecule has 1 atom stereocenters. The van der Waals surface area contributed by atoms with Gasteiger partial charge >= 0.3 is 24.0 Å². The molecule has 0 aliphatic carbocycles. The molecule has 0 aromatic carbocycles. The molecule has 0 rings (SSSR count). The number of amides is 1. The number of carbonyl (C=O) groups is 2. The van der Waals surface area contributed by atoms with Crippen LogP contribution in [0.3, 0.4) is 0 Å². The lowest BCUT2D eigenvalue weighted by molar-refractivity contribution is -0.270. The number of alkyl halides is 5. The first-order valence-electron chi connectivity index (χ1n) is 4.88. The highest BCUT2D eigenvalue weighted by molar-refractivity contribution is 5.88. The van der Waals surface area contributed by atoms with Crippen LogP contribution in [0.1, 0.15) is 20.3 Å². The standard InChI is InChI=1S/C9H12F5NO3/c1-4(2)3-5(6(16)17)15-7(18)8(10,11)9(12,13)14/h4-5H,3H2,1-2H3,(H,15,18)(H,16,17)/t5-/m0/s1. The first kappa shape index (κ1) is 16.6. The van der Waals surface area contributed by atoms with Gasteiger partial charge in [-0.3, -0.25) is 4.79 Å². The van der Waals surface area contributed by atoms with Gasteiger partial charge in [-0.25, -0.2) is 4.79 Å². The molecule has 0 aliphatic heterocycles. The zero-order chi connectivity index (χ0) is 14.7. The van der Waals surface area contributed by atoms with Crippen molar-refractivity contribution >= 4 is 11.9 Å². The van der Waals surface area contributed by atoms with Gasteiger partial charge in [0.2, 0.25) is 0 Å². The van der Waals surface area contributed by atoms with Crippen LogP contribution in [0.4, 0.5) is 22.0 Å². The molecule has 2 N–H and O–H groups in total. The quantitative estimate of drug-likeness (QED) is 0.753. The van der Waals surface area contributed by atoms with Crippen molar-refractivity contribution in [3.63, 3.8) is 0 Å². The zero-order valence-electron chi connectivity index (χ0n) is 9.52. The van der Waals surface area contributed by atoms with E-state index in [1.807, 2.05) is 0 Å². The van der Waals surface area contributed by atoms with Crippen LogP contribution in [0, 0.1) is 5.92 Å². The SMILES string of the molecule is CC(C)C[C@H](NC(=O)C(F)(F)C(F)(F)F)C(=O)O. The fourth-order valence-corrected chi connectivity index (χ4v) is 1.07. The van der Waals surface area contributed by atoms with E-state index in [0.29, 0.717) is 0 Å². The second kappa shape index (κ2) is 5.49. The van der Waals surface area contributed by atoms with Crippen molar-refractivity contribution in [3.05, 3.63) is 0 Å². The first-order chi connectivity index (χ1) is 7.89. The van der Waals surface area contributed by atoms with Gasteiger partial charge in [0, 0.05) is 0 Å². The summed E-state index contributed by atoms with van der Waals surface area (Å²) in [6.07, 6.45) is -6.31. The van der Waals surface area contributed by atoms with E-state index in [9.17, 15) is 31.5 Å². The van der Waals surface area contributed by atoms with E-state index in [0.717, 1.165) is 0 Å². The molecule has 0 saturated carbocycles.